The van der Waals surface area contributed by atoms with Crippen LogP contribution in [0.25, 0.3) is 0 Å². The van der Waals surface area contributed by atoms with Crippen molar-refractivity contribution in [2.45, 2.75) is 0 Å². The van der Waals surface area contributed by atoms with Gasteiger partial charge in [-0.1, -0.05) is 0 Å². The molecule has 0 unspecified atom stereocenters. The zero-order chi connectivity index (χ0) is 11.1. The third-order valence-corrected chi connectivity index (χ3v) is 1.26. The Morgan fingerprint density at radius 1 is 0.667 bits per heavy atom. The molecule has 12 heteroatoms. The fraction of sp³-hybridized carbons (Fsp3) is 1.00. The Balaban J connectivity index is 2.40. The van der Waals surface area contributed by atoms with Crippen LogP contribution in [0.2, 0.25) is 0 Å². The molecule has 0 radical (unpaired) electrons. The molecule has 0 aromatic heterocycles. The standard InChI is InChI=1S/C3H6B3F3O6/c7-1-10-4-13-5(11-2-8)15-6(14-4)12-3-9/h1-3H2. The highest BCUT2D eigenvalue weighted by atomic mass is 19.1. The van der Waals surface area contributed by atoms with Gasteiger partial charge in [0, 0.05) is 0 Å². The van der Waals surface area contributed by atoms with E-state index in [4.69, 9.17) is 0 Å². The normalized spacial score (nSPS) is 17.4. The second-order valence-corrected chi connectivity index (χ2v) is 2.10. The first-order valence-electron chi connectivity index (χ1n) is 3.79. The van der Waals surface area contributed by atoms with Crippen molar-refractivity contribution in [2.24, 2.45) is 0 Å². The summed E-state index contributed by atoms with van der Waals surface area (Å²) in [5.74, 6) is 0. The van der Waals surface area contributed by atoms with E-state index in [1.807, 2.05) is 0 Å². The highest BCUT2D eigenvalue weighted by Gasteiger charge is 2.46. The zero-order valence-corrected chi connectivity index (χ0v) is 7.44. The van der Waals surface area contributed by atoms with Crippen LogP contribution in [0, 0.1) is 0 Å². The lowest BCUT2D eigenvalue weighted by Gasteiger charge is -2.26. The van der Waals surface area contributed by atoms with Crippen LogP contribution in [-0.4, -0.2) is 42.5 Å². The molecule has 0 atom stereocenters. The van der Waals surface area contributed by atoms with Gasteiger partial charge in [0.25, 0.3) is 0 Å². The summed E-state index contributed by atoms with van der Waals surface area (Å²) >= 11 is 0. The largest absolute Gasteiger partial charge is 0.617 e. The summed E-state index contributed by atoms with van der Waals surface area (Å²) in [5.41, 5.74) is 0. The molecule has 6 nitrogen and oxygen atoms in total. The summed E-state index contributed by atoms with van der Waals surface area (Å²) in [6, 6.07) is 0. The maximum Gasteiger partial charge on any atom is 0.617 e. The zero-order valence-electron chi connectivity index (χ0n) is 7.44. The van der Waals surface area contributed by atoms with Crippen molar-refractivity contribution in [2.75, 3.05) is 20.6 Å². The second-order valence-electron chi connectivity index (χ2n) is 2.10. The molecule has 0 spiro atoms. The van der Waals surface area contributed by atoms with E-state index in [0.717, 1.165) is 0 Å². The van der Waals surface area contributed by atoms with E-state index in [1.54, 1.807) is 0 Å². The molecule has 1 saturated heterocycles. The first-order valence-corrected chi connectivity index (χ1v) is 3.79. The van der Waals surface area contributed by atoms with Crippen LogP contribution in [0.1, 0.15) is 0 Å². The molecular weight excluding hydrogens is 221 g/mol. The molecule has 1 fully saturated rings. The SMILES string of the molecule is FCOB1OB(OCF)OB(OCF)O1. The highest BCUT2D eigenvalue weighted by Crippen LogP contribution is 2.11. The number of hydrogen-bond acceptors (Lipinski definition) is 6. The van der Waals surface area contributed by atoms with Crippen molar-refractivity contribution >= 4 is 22.0 Å². The van der Waals surface area contributed by atoms with Crippen LogP contribution in [0.3, 0.4) is 0 Å². The predicted octanol–water partition coefficient (Wildman–Crippen LogP) is -0.165. The predicted molar refractivity (Wildman–Crippen MR) is 41.7 cm³/mol. The number of hydrogen-bond donors (Lipinski definition) is 0. The maximum absolute atomic E-state index is 11.8. The quantitative estimate of drug-likeness (QED) is 0.588. The smallest absolute Gasteiger partial charge is 0.400 e. The van der Waals surface area contributed by atoms with Crippen molar-refractivity contribution in [3.8, 4) is 0 Å². The van der Waals surface area contributed by atoms with Crippen LogP contribution in [-0.2, 0) is 27.7 Å². The molecule has 1 aliphatic rings. The molecule has 0 saturated carbocycles. The molecule has 84 valence electrons. The minimum Gasteiger partial charge on any atom is -0.400 e. The molecule has 0 amide bonds. The summed E-state index contributed by atoms with van der Waals surface area (Å²) in [5, 5.41) is 0. The Morgan fingerprint density at radius 2 is 0.933 bits per heavy atom. The monoisotopic (exact) mass is 228 g/mol. The lowest BCUT2D eigenvalue weighted by molar-refractivity contribution is 0.0258. The van der Waals surface area contributed by atoms with E-state index in [0.29, 0.717) is 0 Å². The fourth-order valence-electron chi connectivity index (χ4n) is 0.758. The van der Waals surface area contributed by atoms with Gasteiger partial charge in [-0.2, -0.15) is 0 Å². The molecule has 1 rings (SSSR count). The number of halogens is 3. The van der Waals surface area contributed by atoms with Crippen molar-refractivity contribution in [1.82, 2.24) is 0 Å². The lowest BCUT2D eigenvalue weighted by atomic mass is 9.97. The summed E-state index contributed by atoms with van der Waals surface area (Å²) in [6.45, 7) is -3.64. The second kappa shape index (κ2) is 7.09. The van der Waals surface area contributed by atoms with Crippen molar-refractivity contribution in [3.05, 3.63) is 0 Å². The highest BCUT2D eigenvalue weighted by molar-refractivity contribution is 6.66. The average molecular weight is 228 g/mol. The van der Waals surface area contributed by atoms with Crippen LogP contribution >= 0.6 is 0 Å². The van der Waals surface area contributed by atoms with Gasteiger partial charge in [0.05, 0.1) is 0 Å². The first-order chi connectivity index (χ1) is 7.30. The van der Waals surface area contributed by atoms with E-state index < -0.39 is 42.5 Å². The van der Waals surface area contributed by atoms with Gasteiger partial charge in [0.1, 0.15) is 0 Å². The van der Waals surface area contributed by atoms with Gasteiger partial charge in [-0.05, 0) is 0 Å². The molecule has 0 bridgehead atoms. The summed E-state index contributed by atoms with van der Waals surface area (Å²) in [7, 11) is -4.55. The van der Waals surface area contributed by atoms with E-state index in [9.17, 15) is 13.2 Å². The molecule has 15 heavy (non-hydrogen) atoms. The van der Waals surface area contributed by atoms with Gasteiger partial charge in [-0.15, -0.1) is 0 Å². The molecular formula is C3H6B3F3O6. The van der Waals surface area contributed by atoms with E-state index in [1.165, 1.54) is 0 Å². The Bertz CT molecular complexity index is 144. The molecule has 0 aromatic rings. The molecule has 1 heterocycles. The molecule has 0 aliphatic carbocycles. The maximum atomic E-state index is 11.8. The van der Waals surface area contributed by atoms with Gasteiger partial charge in [0.2, 0.25) is 0 Å². The molecule has 0 aromatic carbocycles. The van der Waals surface area contributed by atoms with Crippen LogP contribution < -0.4 is 0 Å². The Kier molecular flexibility index (Phi) is 6.06. The van der Waals surface area contributed by atoms with E-state index in [-0.39, 0.29) is 0 Å². The first kappa shape index (κ1) is 12.8. The van der Waals surface area contributed by atoms with Gasteiger partial charge in [0.15, 0.2) is 20.6 Å². The molecule has 0 N–H and O–H groups in total. The van der Waals surface area contributed by atoms with Gasteiger partial charge >= 0.3 is 22.0 Å². The number of alkyl halides is 3. The Labute approximate surface area is 84.4 Å². The third kappa shape index (κ3) is 4.41. The Hall–Kier alpha value is -0.255. The van der Waals surface area contributed by atoms with Crippen LogP contribution in [0.5, 0.6) is 0 Å². The van der Waals surface area contributed by atoms with Crippen molar-refractivity contribution in [3.63, 3.8) is 0 Å². The van der Waals surface area contributed by atoms with Crippen LogP contribution in [0.15, 0.2) is 0 Å². The van der Waals surface area contributed by atoms with E-state index >= 15 is 0 Å². The fourth-order valence-corrected chi connectivity index (χ4v) is 0.758. The summed E-state index contributed by atoms with van der Waals surface area (Å²) in [4.78, 5) is 0. The van der Waals surface area contributed by atoms with Crippen LogP contribution in [0.4, 0.5) is 13.2 Å². The summed E-state index contributed by atoms with van der Waals surface area (Å²) < 4.78 is 61.7. The van der Waals surface area contributed by atoms with E-state index in [2.05, 4.69) is 27.7 Å². The van der Waals surface area contributed by atoms with Gasteiger partial charge in [-0.25, -0.2) is 13.2 Å². The van der Waals surface area contributed by atoms with Gasteiger partial charge in [-0.3, -0.25) is 0 Å². The topological polar surface area (TPSA) is 55.4 Å². The minimum absolute atomic E-state index is 1.21. The summed E-state index contributed by atoms with van der Waals surface area (Å²) in [6.07, 6.45) is 0. The molecule has 1 aliphatic heterocycles. The van der Waals surface area contributed by atoms with Crippen molar-refractivity contribution in [1.29, 1.82) is 0 Å². The minimum atomic E-state index is -1.52. The number of rotatable bonds is 6. The lowest BCUT2D eigenvalue weighted by Crippen LogP contribution is -2.52. The van der Waals surface area contributed by atoms with Crippen molar-refractivity contribution < 1.29 is 40.8 Å². The average Bonchev–Trinajstić information content (AvgIpc) is 2.19. The van der Waals surface area contributed by atoms with Gasteiger partial charge < -0.3 is 27.7 Å². The third-order valence-electron chi connectivity index (χ3n) is 1.26. The Morgan fingerprint density at radius 3 is 1.13 bits per heavy atom.